The molecule has 2 aromatic heterocycles. The van der Waals surface area contributed by atoms with Crippen molar-refractivity contribution >= 4 is 16.8 Å². The minimum absolute atomic E-state index is 0.0438. The van der Waals surface area contributed by atoms with Crippen molar-refractivity contribution in [2.45, 2.75) is 13.1 Å². The lowest BCUT2D eigenvalue weighted by Crippen LogP contribution is -2.38. The van der Waals surface area contributed by atoms with Crippen molar-refractivity contribution in [1.29, 1.82) is 0 Å². The number of aromatic amines is 1. The first-order valence-electron chi connectivity index (χ1n) is 6.54. The van der Waals surface area contributed by atoms with Gasteiger partial charge in [0.1, 0.15) is 6.33 Å². The minimum atomic E-state index is 0.0438. The molecule has 6 heteroatoms. The van der Waals surface area contributed by atoms with Crippen molar-refractivity contribution in [2.24, 2.45) is 0 Å². The van der Waals surface area contributed by atoms with E-state index in [4.69, 9.17) is 0 Å². The van der Waals surface area contributed by atoms with E-state index in [0.29, 0.717) is 18.7 Å². The summed E-state index contributed by atoms with van der Waals surface area (Å²) in [4.78, 5) is 17.5. The van der Waals surface area contributed by atoms with Gasteiger partial charge in [-0.15, -0.1) is 10.2 Å². The second-order valence-electron chi connectivity index (χ2n) is 4.95. The van der Waals surface area contributed by atoms with Crippen LogP contribution in [-0.2, 0) is 13.1 Å². The summed E-state index contributed by atoms with van der Waals surface area (Å²) in [6, 6.07) is 7.70. The number of hydrogen-bond acceptors (Lipinski definition) is 3. The molecule has 6 nitrogen and oxygen atoms in total. The van der Waals surface area contributed by atoms with Gasteiger partial charge >= 0.3 is 0 Å². The summed E-state index contributed by atoms with van der Waals surface area (Å²) in [6.45, 7) is 1.96. The Bertz CT molecular complexity index is 788. The Labute approximate surface area is 115 Å². The van der Waals surface area contributed by atoms with Crippen LogP contribution in [-0.4, -0.2) is 37.1 Å². The van der Waals surface area contributed by atoms with Crippen LogP contribution in [0.1, 0.15) is 16.2 Å². The number of H-pyrrole nitrogens is 1. The van der Waals surface area contributed by atoms with E-state index < -0.39 is 0 Å². The first-order valence-corrected chi connectivity index (χ1v) is 6.54. The van der Waals surface area contributed by atoms with Gasteiger partial charge in [0.15, 0.2) is 5.82 Å². The van der Waals surface area contributed by atoms with Gasteiger partial charge in [-0.3, -0.25) is 4.79 Å². The molecule has 0 saturated carbocycles. The number of rotatable bonds is 1. The lowest BCUT2D eigenvalue weighted by atomic mass is 10.1. The summed E-state index contributed by atoms with van der Waals surface area (Å²) < 4.78 is 1.99. The predicted molar refractivity (Wildman–Crippen MR) is 73.1 cm³/mol. The van der Waals surface area contributed by atoms with Crippen LogP contribution in [0.5, 0.6) is 0 Å². The Balaban J connectivity index is 1.64. The maximum atomic E-state index is 12.6. The molecule has 3 heterocycles. The van der Waals surface area contributed by atoms with Gasteiger partial charge in [-0.1, -0.05) is 0 Å². The van der Waals surface area contributed by atoms with E-state index in [9.17, 15) is 4.79 Å². The zero-order valence-electron chi connectivity index (χ0n) is 10.8. The molecular formula is C14H13N5O. The van der Waals surface area contributed by atoms with Gasteiger partial charge in [-0.25, -0.2) is 0 Å². The quantitative estimate of drug-likeness (QED) is 0.725. The Morgan fingerprint density at radius 3 is 3.15 bits per heavy atom. The highest BCUT2D eigenvalue weighted by molar-refractivity contribution is 5.98. The van der Waals surface area contributed by atoms with Crippen molar-refractivity contribution < 1.29 is 4.79 Å². The van der Waals surface area contributed by atoms with Gasteiger partial charge in [-0.2, -0.15) is 0 Å². The Morgan fingerprint density at radius 2 is 2.20 bits per heavy atom. The van der Waals surface area contributed by atoms with E-state index in [1.165, 1.54) is 0 Å². The van der Waals surface area contributed by atoms with E-state index >= 15 is 0 Å². The van der Waals surface area contributed by atoms with Crippen LogP contribution >= 0.6 is 0 Å². The topological polar surface area (TPSA) is 66.8 Å². The number of amides is 1. The first kappa shape index (κ1) is 11.2. The van der Waals surface area contributed by atoms with Crippen LogP contribution < -0.4 is 0 Å². The highest BCUT2D eigenvalue weighted by atomic mass is 16.2. The summed E-state index contributed by atoms with van der Waals surface area (Å²) in [5, 5.41) is 8.97. The number of carbonyl (C=O) groups excluding carboxylic acids is 1. The molecule has 0 atom stereocenters. The van der Waals surface area contributed by atoms with Gasteiger partial charge < -0.3 is 14.5 Å². The number of carbonyl (C=O) groups is 1. The molecule has 1 amide bonds. The maximum absolute atomic E-state index is 12.6. The van der Waals surface area contributed by atoms with E-state index in [1.807, 2.05) is 39.9 Å². The molecule has 0 aliphatic carbocycles. The van der Waals surface area contributed by atoms with Crippen LogP contribution in [0.4, 0.5) is 0 Å². The van der Waals surface area contributed by atoms with E-state index in [2.05, 4.69) is 15.2 Å². The molecule has 100 valence electrons. The van der Waals surface area contributed by atoms with Gasteiger partial charge in [0.2, 0.25) is 0 Å². The van der Waals surface area contributed by atoms with Crippen molar-refractivity contribution in [3.05, 3.63) is 48.2 Å². The molecule has 1 aromatic carbocycles. The van der Waals surface area contributed by atoms with E-state index in [1.54, 1.807) is 6.33 Å². The highest BCUT2D eigenvalue weighted by Crippen LogP contribution is 2.18. The normalized spacial score (nSPS) is 14.5. The number of benzene rings is 1. The van der Waals surface area contributed by atoms with E-state index in [-0.39, 0.29) is 5.91 Å². The van der Waals surface area contributed by atoms with Gasteiger partial charge in [0, 0.05) is 35.8 Å². The lowest BCUT2D eigenvalue weighted by molar-refractivity contribution is 0.0707. The molecule has 0 unspecified atom stereocenters. The summed E-state index contributed by atoms with van der Waals surface area (Å²) in [5.41, 5.74) is 1.75. The van der Waals surface area contributed by atoms with Crippen LogP contribution in [0.15, 0.2) is 36.8 Å². The predicted octanol–water partition coefficient (Wildman–Crippen LogP) is 1.42. The summed E-state index contributed by atoms with van der Waals surface area (Å²) in [7, 11) is 0. The summed E-state index contributed by atoms with van der Waals surface area (Å²) >= 11 is 0. The van der Waals surface area contributed by atoms with Crippen molar-refractivity contribution in [2.75, 3.05) is 6.54 Å². The zero-order chi connectivity index (χ0) is 13.5. The largest absolute Gasteiger partial charge is 0.361 e. The fourth-order valence-corrected chi connectivity index (χ4v) is 2.61. The SMILES string of the molecule is O=C(c1ccc2[nH]ccc2c1)N1CCn2cnnc2C1. The van der Waals surface area contributed by atoms with Crippen LogP contribution in [0.25, 0.3) is 10.9 Å². The van der Waals surface area contributed by atoms with Gasteiger partial charge in [-0.05, 0) is 24.3 Å². The highest BCUT2D eigenvalue weighted by Gasteiger charge is 2.22. The molecule has 1 N–H and O–H groups in total. The molecule has 0 radical (unpaired) electrons. The Hall–Kier alpha value is -2.63. The second-order valence-corrected chi connectivity index (χ2v) is 4.95. The molecule has 0 spiro atoms. The van der Waals surface area contributed by atoms with Crippen molar-refractivity contribution in [1.82, 2.24) is 24.6 Å². The van der Waals surface area contributed by atoms with Crippen LogP contribution in [0.3, 0.4) is 0 Å². The summed E-state index contributed by atoms with van der Waals surface area (Å²) in [5.74, 6) is 0.884. The number of aromatic nitrogens is 4. The smallest absolute Gasteiger partial charge is 0.254 e. The molecule has 0 bridgehead atoms. The number of fused-ring (bicyclic) bond motifs is 2. The fraction of sp³-hybridized carbons (Fsp3) is 0.214. The standard InChI is InChI=1S/C14H13N5O/c20-14(11-1-2-12-10(7-11)3-4-15-12)18-5-6-19-9-16-17-13(19)8-18/h1-4,7,9,15H,5-6,8H2. The molecule has 1 aliphatic heterocycles. The molecule has 0 fully saturated rings. The number of nitrogens with one attached hydrogen (secondary N) is 1. The summed E-state index contributed by atoms with van der Waals surface area (Å²) in [6.07, 6.45) is 3.59. The molecule has 0 saturated heterocycles. The fourth-order valence-electron chi connectivity index (χ4n) is 2.61. The third kappa shape index (κ3) is 1.69. The van der Waals surface area contributed by atoms with Crippen LogP contribution in [0.2, 0.25) is 0 Å². The Kier molecular flexibility index (Phi) is 2.35. The molecule has 1 aliphatic rings. The lowest BCUT2D eigenvalue weighted by Gasteiger charge is -2.27. The first-order chi connectivity index (χ1) is 9.81. The monoisotopic (exact) mass is 267 g/mol. The van der Waals surface area contributed by atoms with Crippen molar-refractivity contribution in [3.8, 4) is 0 Å². The van der Waals surface area contributed by atoms with E-state index in [0.717, 1.165) is 23.3 Å². The minimum Gasteiger partial charge on any atom is -0.361 e. The van der Waals surface area contributed by atoms with Gasteiger partial charge in [0.25, 0.3) is 5.91 Å². The molecule has 3 aromatic rings. The molecule has 4 rings (SSSR count). The second kappa shape index (κ2) is 4.19. The molecular weight excluding hydrogens is 254 g/mol. The number of hydrogen-bond donors (Lipinski definition) is 1. The average Bonchev–Trinajstić information content (AvgIpc) is 3.13. The van der Waals surface area contributed by atoms with Crippen LogP contribution in [0, 0.1) is 0 Å². The number of nitrogens with zero attached hydrogens (tertiary/aromatic N) is 4. The van der Waals surface area contributed by atoms with Crippen molar-refractivity contribution in [3.63, 3.8) is 0 Å². The maximum Gasteiger partial charge on any atom is 0.254 e. The third-order valence-corrected chi connectivity index (χ3v) is 3.73. The Morgan fingerprint density at radius 1 is 1.25 bits per heavy atom. The molecule has 20 heavy (non-hydrogen) atoms. The average molecular weight is 267 g/mol. The third-order valence-electron chi connectivity index (χ3n) is 3.73. The van der Waals surface area contributed by atoms with Gasteiger partial charge in [0.05, 0.1) is 6.54 Å². The zero-order valence-corrected chi connectivity index (χ0v) is 10.8.